The summed E-state index contributed by atoms with van der Waals surface area (Å²) in [5, 5.41) is 30.2. The summed E-state index contributed by atoms with van der Waals surface area (Å²) in [6.45, 7) is 5.61. The number of aliphatic hydroxyl groups is 3. The zero-order valence-electron chi connectivity index (χ0n) is 21.6. The molecule has 0 amide bonds. The lowest BCUT2D eigenvalue weighted by atomic mass is 9.60. The number of hydrogen-bond acceptors (Lipinski definition) is 3. The van der Waals surface area contributed by atoms with Crippen molar-refractivity contribution in [3.05, 3.63) is 0 Å². The van der Waals surface area contributed by atoms with E-state index in [1.165, 1.54) is 0 Å². The summed E-state index contributed by atoms with van der Waals surface area (Å²) in [7, 11) is 0. The van der Waals surface area contributed by atoms with Crippen molar-refractivity contribution in [1.82, 2.24) is 0 Å². The Morgan fingerprint density at radius 2 is 0.722 bits per heavy atom. The molecular weight excluding hydrogens is 585 g/mol. The summed E-state index contributed by atoms with van der Waals surface area (Å²) in [5.74, 6) is 1.29. The van der Waals surface area contributed by atoms with Crippen molar-refractivity contribution in [2.45, 2.75) is 145 Å². The molecular formula is C27H42Cl6O3. The van der Waals surface area contributed by atoms with E-state index in [-0.39, 0.29) is 30.8 Å². The third kappa shape index (κ3) is 6.25. The minimum atomic E-state index is -0.560. The van der Waals surface area contributed by atoms with E-state index in [1.54, 1.807) is 0 Å². The Labute approximate surface area is 246 Å². The quantitative estimate of drug-likeness (QED) is 0.243. The van der Waals surface area contributed by atoms with Crippen molar-refractivity contribution in [2.75, 3.05) is 0 Å². The standard InChI is InChI=1S/3C9H14Cl2O/c3*1-8(12)3-2-6-7(10)4-9(6,11)5-8/h3*6-7,12H,2-5H2,1H3/t3*6-,7+,8-,9+/m100/s1. The fourth-order valence-electron chi connectivity index (χ4n) is 7.84. The molecule has 6 rings (SSSR count). The van der Waals surface area contributed by atoms with Gasteiger partial charge in [0.25, 0.3) is 0 Å². The third-order valence-electron chi connectivity index (χ3n) is 9.91. The van der Waals surface area contributed by atoms with E-state index in [2.05, 4.69) is 0 Å². The van der Waals surface area contributed by atoms with Crippen LogP contribution in [0.25, 0.3) is 0 Å². The van der Waals surface area contributed by atoms with Gasteiger partial charge < -0.3 is 15.3 Å². The smallest absolute Gasteiger partial charge is 0.0636 e. The molecule has 0 radical (unpaired) electrons. The minimum absolute atomic E-state index is 0.186. The zero-order chi connectivity index (χ0) is 26.9. The van der Waals surface area contributed by atoms with Gasteiger partial charge in [0.2, 0.25) is 0 Å². The van der Waals surface area contributed by atoms with Crippen molar-refractivity contribution in [3.8, 4) is 0 Å². The van der Waals surface area contributed by atoms with Gasteiger partial charge in [0.15, 0.2) is 0 Å². The van der Waals surface area contributed by atoms with Gasteiger partial charge in [-0.05, 0) is 116 Å². The lowest BCUT2D eigenvalue weighted by molar-refractivity contribution is -0.0370. The minimum Gasteiger partial charge on any atom is -0.390 e. The molecule has 0 aliphatic heterocycles. The Balaban J connectivity index is 0.000000127. The molecule has 0 bridgehead atoms. The molecule has 0 saturated heterocycles. The van der Waals surface area contributed by atoms with E-state index in [4.69, 9.17) is 69.6 Å². The van der Waals surface area contributed by atoms with Gasteiger partial charge in [-0.2, -0.15) is 0 Å². The molecule has 0 heterocycles. The van der Waals surface area contributed by atoms with Crippen LogP contribution in [0.4, 0.5) is 0 Å². The number of alkyl halides is 6. The fourth-order valence-corrected chi connectivity index (χ4v) is 12.3. The van der Waals surface area contributed by atoms with Gasteiger partial charge in [-0.3, -0.25) is 0 Å². The number of hydrogen-bond donors (Lipinski definition) is 3. The van der Waals surface area contributed by atoms with E-state index < -0.39 is 16.8 Å². The molecule has 36 heavy (non-hydrogen) atoms. The van der Waals surface area contributed by atoms with Gasteiger partial charge in [-0.15, -0.1) is 69.6 Å². The molecule has 0 unspecified atom stereocenters. The topological polar surface area (TPSA) is 60.7 Å². The SMILES string of the molecule is C[C@@]1(O)CC[C@@H]2[C@@H](Cl)C[C@]2(Cl)C1.C[C@]1(O)CC[C@H]2[C@H](Cl)C[C@@]2(Cl)C1.C[C@]1(O)CC[C@H]2[C@H](Cl)C[C@@]2(Cl)C1. The Bertz CT molecular complexity index is 719. The van der Waals surface area contributed by atoms with Crippen LogP contribution < -0.4 is 0 Å². The molecule has 6 fully saturated rings. The van der Waals surface area contributed by atoms with Crippen LogP contribution in [0.2, 0.25) is 0 Å². The summed E-state index contributed by atoms with van der Waals surface area (Å²) in [6.07, 6.45) is 10.1. The van der Waals surface area contributed by atoms with Crippen LogP contribution in [0.3, 0.4) is 0 Å². The zero-order valence-corrected chi connectivity index (χ0v) is 26.1. The normalized spacial score (nSPS) is 59.0. The second kappa shape index (κ2) is 10.2. The third-order valence-corrected chi connectivity index (χ3v) is 13.0. The maximum Gasteiger partial charge on any atom is 0.0636 e. The van der Waals surface area contributed by atoms with Crippen molar-refractivity contribution in [3.63, 3.8) is 0 Å². The van der Waals surface area contributed by atoms with E-state index >= 15 is 0 Å². The highest BCUT2D eigenvalue weighted by molar-refractivity contribution is 6.30. The fraction of sp³-hybridized carbons (Fsp3) is 1.00. The summed E-state index contributed by atoms with van der Waals surface area (Å²) in [4.78, 5) is -0.559. The van der Waals surface area contributed by atoms with Crippen LogP contribution in [0, 0.1) is 17.8 Å². The lowest BCUT2D eigenvalue weighted by Crippen LogP contribution is -2.58. The Morgan fingerprint density at radius 1 is 0.500 bits per heavy atom. The molecule has 210 valence electrons. The maximum absolute atomic E-state index is 9.82. The Morgan fingerprint density at radius 3 is 0.889 bits per heavy atom. The molecule has 3 nitrogen and oxygen atoms in total. The maximum atomic E-state index is 9.82. The van der Waals surface area contributed by atoms with Gasteiger partial charge >= 0.3 is 0 Å². The Kier molecular flexibility index (Phi) is 8.63. The van der Waals surface area contributed by atoms with Crippen LogP contribution in [0.1, 0.15) is 97.8 Å². The van der Waals surface area contributed by atoms with Crippen LogP contribution >= 0.6 is 69.6 Å². The average Bonchev–Trinajstić information content (AvgIpc) is 2.64. The van der Waals surface area contributed by atoms with Crippen molar-refractivity contribution in [1.29, 1.82) is 0 Å². The summed E-state index contributed by atoms with van der Waals surface area (Å²) >= 11 is 37.2. The first-order valence-corrected chi connectivity index (χ1v) is 15.9. The summed E-state index contributed by atoms with van der Waals surface area (Å²) < 4.78 is 0. The average molecular weight is 627 g/mol. The molecule has 3 N–H and O–H groups in total. The molecule has 0 aromatic carbocycles. The van der Waals surface area contributed by atoms with Gasteiger partial charge in [0.1, 0.15) is 0 Å². The molecule has 6 saturated carbocycles. The predicted octanol–water partition coefficient (Wildman–Crippen LogP) is 7.58. The first kappa shape index (κ1) is 30.6. The van der Waals surface area contributed by atoms with Gasteiger partial charge in [-0.1, -0.05) is 0 Å². The predicted molar refractivity (Wildman–Crippen MR) is 152 cm³/mol. The van der Waals surface area contributed by atoms with Crippen molar-refractivity contribution in [2.24, 2.45) is 17.8 Å². The molecule has 0 aromatic heterocycles. The molecule has 0 aromatic rings. The molecule has 6 aliphatic rings. The number of rotatable bonds is 0. The van der Waals surface area contributed by atoms with Crippen molar-refractivity contribution >= 4 is 69.6 Å². The highest BCUT2D eigenvalue weighted by Gasteiger charge is 2.59. The Hall–Kier alpha value is 1.62. The van der Waals surface area contributed by atoms with Crippen molar-refractivity contribution < 1.29 is 15.3 Å². The highest BCUT2D eigenvalue weighted by Crippen LogP contribution is 2.59. The molecule has 9 heteroatoms. The molecule has 0 spiro atoms. The number of halogens is 6. The van der Waals surface area contributed by atoms with E-state index in [9.17, 15) is 15.3 Å². The summed E-state index contributed by atoms with van der Waals surface area (Å²) in [6, 6.07) is 0. The largest absolute Gasteiger partial charge is 0.390 e. The van der Waals surface area contributed by atoms with Crippen LogP contribution in [-0.4, -0.2) is 62.9 Å². The molecule has 12 atom stereocenters. The second-order valence-corrected chi connectivity index (χ2v) is 17.7. The van der Waals surface area contributed by atoms with E-state index in [0.717, 1.165) is 57.8 Å². The van der Waals surface area contributed by atoms with Crippen LogP contribution in [-0.2, 0) is 0 Å². The first-order valence-electron chi connectivity index (χ1n) is 13.5. The van der Waals surface area contributed by atoms with E-state index in [0.29, 0.717) is 37.0 Å². The first-order chi connectivity index (χ1) is 16.3. The van der Waals surface area contributed by atoms with Gasteiger partial charge in [-0.25, -0.2) is 0 Å². The lowest BCUT2D eigenvalue weighted by Gasteiger charge is -2.55. The summed E-state index contributed by atoms with van der Waals surface area (Å²) in [5.41, 5.74) is -1.68. The monoisotopic (exact) mass is 624 g/mol. The van der Waals surface area contributed by atoms with Crippen LogP contribution in [0.5, 0.6) is 0 Å². The number of fused-ring (bicyclic) bond motifs is 3. The highest BCUT2D eigenvalue weighted by atomic mass is 35.5. The van der Waals surface area contributed by atoms with Gasteiger partial charge in [0.05, 0.1) is 31.4 Å². The molecule has 6 aliphatic carbocycles. The second-order valence-electron chi connectivity index (χ2n) is 13.7. The van der Waals surface area contributed by atoms with Crippen LogP contribution in [0.15, 0.2) is 0 Å². The van der Waals surface area contributed by atoms with E-state index in [1.807, 2.05) is 20.8 Å². The van der Waals surface area contributed by atoms with Gasteiger partial charge in [0, 0.05) is 16.1 Å².